The van der Waals surface area contributed by atoms with Crippen LogP contribution < -0.4 is 10.6 Å². The van der Waals surface area contributed by atoms with Crippen molar-refractivity contribution in [3.8, 4) is 0 Å². The molecule has 0 aromatic heterocycles. The standard InChI is InChI=1S/C17H26N2O/c1-13-12-15(8-9-16(13)18-2)17(20)19-11-10-14-6-4-3-5-7-14/h8-9,12,14,18H,3-7,10-11H2,1-2H3,(H,19,20). The second-order valence-corrected chi connectivity index (χ2v) is 5.83. The number of carbonyl (C=O) groups is 1. The molecule has 0 spiro atoms. The van der Waals surface area contributed by atoms with Gasteiger partial charge in [-0.25, -0.2) is 0 Å². The van der Waals surface area contributed by atoms with Crippen LogP contribution in [-0.2, 0) is 0 Å². The maximum atomic E-state index is 12.1. The number of anilines is 1. The molecule has 3 nitrogen and oxygen atoms in total. The van der Waals surface area contributed by atoms with Gasteiger partial charge in [-0.2, -0.15) is 0 Å². The van der Waals surface area contributed by atoms with Gasteiger partial charge in [-0.05, 0) is 43.0 Å². The highest BCUT2D eigenvalue weighted by Crippen LogP contribution is 2.25. The van der Waals surface area contributed by atoms with Crippen LogP contribution in [0, 0.1) is 12.8 Å². The van der Waals surface area contributed by atoms with Crippen LogP contribution in [0.3, 0.4) is 0 Å². The molecule has 0 bridgehead atoms. The SMILES string of the molecule is CNc1ccc(C(=O)NCCC2CCCCC2)cc1C. The summed E-state index contributed by atoms with van der Waals surface area (Å²) in [6.45, 7) is 2.82. The Morgan fingerprint density at radius 2 is 2.00 bits per heavy atom. The minimum atomic E-state index is 0.0477. The summed E-state index contributed by atoms with van der Waals surface area (Å²) >= 11 is 0. The predicted octanol–water partition coefficient (Wildman–Crippen LogP) is 3.74. The van der Waals surface area contributed by atoms with Crippen LogP contribution in [0.15, 0.2) is 18.2 Å². The Morgan fingerprint density at radius 3 is 2.65 bits per heavy atom. The summed E-state index contributed by atoms with van der Waals surface area (Å²) in [5, 5.41) is 6.17. The first-order valence-corrected chi connectivity index (χ1v) is 7.77. The molecule has 1 aromatic carbocycles. The third-order valence-electron chi connectivity index (χ3n) is 4.32. The lowest BCUT2D eigenvalue weighted by atomic mass is 9.87. The fourth-order valence-corrected chi connectivity index (χ4v) is 3.05. The van der Waals surface area contributed by atoms with E-state index in [0.29, 0.717) is 0 Å². The predicted molar refractivity (Wildman–Crippen MR) is 84.3 cm³/mol. The van der Waals surface area contributed by atoms with Gasteiger partial charge in [0, 0.05) is 24.8 Å². The van der Waals surface area contributed by atoms with Gasteiger partial charge in [0.1, 0.15) is 0 Å². The van der Waals surface area contributed by atoms with E-state index < -0.39 is 0 Å². The van der Waals surface area contributed by atoms with Gasteiger partial charge in [0.2, 0.25) is 0 Å². The summed E-state index contributed by atoms with van der Waals surface area (Å²) < 4.78 is 0. The molecule has 1 aliphatic carbocycles. The van der Waals surface area contributed by atoms with Crippen molar-refractivity contribution in [2.24, 2.45) is 5.92 Å². The molecule has 0 aliphatic heterocycles. The van der Waals surface area contributed by atoms with Crippen LogP contribution in [0.2, 0.25) is 0 Å². The molecule has 1 saturated carbocycles. The van der Waals surface area contributed by atoms with Gasteiger partial charge in [0.05, 0.1) is 0 Å². The lowest BCUT2D eigenvalue weighted by molar-refractivity contribution is 0.0950. The summed E-state index contributed by atoms with van der Waals surface area (Å²) in [4.78, 5) is 12.1. The molecule has 0 radical (unpaired) electrons. The zero-order valence-electron chi connectivity index (χ0n) is 12.7. The minimum absolute atomic E-state index is 0.0477. The number of rotatable bonds is 5. The van der Waals surface area contributed by atoms with E-state index in [4.69, 9.17) is 0 Å². The summed E-state index contributed by atoms with van der Waals surface area (Å²) in [6.07, 6.45) is 7.92. The van der Waals surface area contributed by atoms with Crippen molar-refractivity contribution in [2.45, 2.75) is 45.4 Å². The average molecular weight is 274 g/mol. The first-order chi connectivity index (χ1) is 9.70. The van der Waals surface area contributed by atoms with E-state index in [1.165, 1.54) is 32.1 Å². The molecule has 0 atom stereocenters. The minimum Gasteiger partial charge on any atom is -0.388 e. The smallest absolute Gasteiger partial charge is 0.251 e. The van der Waals surface area contributed by atoms with Crippen LogP contribution in [-0.4, -0.2) is 19.5 Å². The Labute approximate surface area is 122 Å². The summed E-state index contributed by atoms with van der Waals surface area (Å²) in [6, 6.07) is 5.79. The Balaban J connectivity index is 1.80. The largest absolute Gasteiger partial charge is 0.388 e. The zero-order valence-corrected chi connectivity index (χ0v) is 12.7. The van der Waals surface area contributed by atoms with Crippen molar-refractivity contribution in [2.75, 3.05) is 18.9 Å². The molecule has 0 heterocycles. The van der Waals surface area contributed by atoms with Crippen LogP contribution in [0.1, 0.15) is 54.4 Å². The molecule has 0 unspecified atom stereocenters. The normalized spacial score (nSPS) is 15.9. The van der Waals surface area contributed by atoms with E-state index in [2.05, 4.69) is 10.6 Å². The highest BCUT2D eigenvalue weighted by Gasteiger charge is 2.13. The highest BCUT2D eigenvalue weighted by molar-refractivity contribution is 5.94. The number of hydrogen-bond acceptors (Lipinski definition) is 2. The van der Waals surface area contributed by atoms with Crippen LogP contribution in [0.5, 0.6) is 0 Å². The summed E-state index contributed by atoms with van der Waals surface area (Å²) in [7, 11) is 1.90. The fraction of sp³-hybridized carbons (Fsp3) is 0.588. The topological polar surface area (TPSA) is 41.1 Å². The van der Waals surface area contributed by atoms with E-state index in [-0.39, 0.29) is 5.91 Å². The van der Waals surface area contributed by atoms with Crippen LogP contribution >= 0.6 is 0 Å². The molecule has 1 aliphatic rings. The van der Waals surface area contributed by atoms with Gasteiger partial charge in [-0.15, -0.1) is 0 Å². The van der Waals surface area contributed by atoms with E-state index in [1.807, 2.05) is 32.2 Å². The Kier molecular flexibility index (Phi) is 5.45. The Hall–Kier alpha value is -1.51. The van der Waals surface area contributed by atoms with Crippen LogP contribution in [0.25, 0.3) is 0 Å². The highest BCUT2D eigenvalue weighted by atomic mass is 16.1. The van der Waals surface area contributed by atoms with Crippen molar-refractivity contribution in [3.63, 3.8) is 0 Å². The number of nitrogens with one attached hydrogen (secondary N) is 2. The molecule has 110 valence electrons. The maximum Gasteiger partial charge on any atom is 0.251 e. The third kappa shape index (κ3) is 3.99. The molecule has 3 heteroatoms. The first-order valence-electron chi connectivity index (χ1n) is 7.77. The van der Waals surface area contributed by atoms with E-state index in [0.717, 1.165) is 35.7 Å². The second kappa shape index (κ2) is 7.32. The number of hydrogen-bond donors (Lipinski definition) is 2. The van der Waals surface area contributed by atoms with Crippen molar-refractivity contribution in [1.82, 2.24) is 5.32 Å². The molecule has 1 fully saturated rings. The average Bonchev–Trinajstić information content (AvgIpc) is 2.48. The molecule has 1 amide bonds. The maximum absolute atomic E-state index is 12.1. The van der Waals surface area contributed by atoms with Crippen molar-refractivity contribution in [3.05, 3.63) is 29.3 Å². The molecular formula is C17H26N2O. The Bertz CT molecular complexity index is 450. The summed E-state index contributed by atoms with van der Waals surface area (Å²) in [5.41, 5.74) is 2.93. The van der Waals surface area contributed by atoms with Gasteiger partial charge in [-0.1, -0.05) is 32.1 Å². The van der Waals surface area contributed by atoms with Gasteiger partial charge in [-0.3, -0.25) is 4.79 Å². The zero-order chi connectivity index (χ0) is 14.4. The lowest BCUT2D eigenvalue weighted by Crippen LogP contribution is -2.26. The third-order valence-corrected chi connectivity index (χ3v) is 4.32. The quantitative estimate of drug-likeness (QED) is 0.859. The van der Waals surface area contributed by atoms with Crippen molar-refractivity contribution < 1.29 is 4.79 Å². The molecule has 0 saturated heterocycles. The Morgan fingerprint density at radius 1 is 1.25 bits per heavy atom. The van der Waals surface area contributed by atoms with E-state index in [9.17, 15) is 4.79 Å². The second-order valence-electron chi connectivity index (χ2n) is 5.83. The molecule has 2 rings (SSSR count). The number of amides is 1. The molecule has 2 N–H and O–H groups in total. The van der Waals surface area contributed by atoms with Crippen molar-refractivity contribution in [1.29, 1.82) is 0 Å². The van der Waals surface area contributed by atoms with Gasteiger partial charge < -0.3 is 10.6 Å². The lowest BCUT2D eigenvalue weighted by Gasteiger charge is -2.21. The molecule has 20 heavy (non-hydrogen) atoms. The van der Waals surface area contributed by atoms with Gasteiger partial charge in [0.25, 0.3) is 5.91 Å². The first kappa shape index (κ1) is 14.9. The van der Waals surface area contributed by atoms with Crippen molar-refractivity contribution >= 4 is 11.6 Å². The number of carbonyl (C=O) groups excluding carboxylic acids is 1. The number of benzene rings is 1. The summed E-state index contributed by atoms with van der Waals surface area (Å²) in [5.74, 6) is 0.865. The monoisotopic (exact) mass is 274 g/mol. The molecular weight excluding hydrogens is 248 g/mol. The molecule has 1 aromatic rings. The fourth-order valence-electron chi connectivity index (χ4n) is 3.05. The number of aryl methyl sites for hydroxylation is 1. The van der Waals surface area contributed by atoms with Crippen LogP contribution in [0.4, 0.5) is 5.69 Å². The van der Waals surface area contributed by atoms with Gasteiger partial charge >= 0.3 is 0 Å². The van der Waals surface area contributed by atoms with Gasteiger partial charge in [0.15, 0.2) is 0 Å². The van der Waals surface area contributed by atoms with E-state index >= 15 is 0 Å². The van der Waals surface area contributed by atoms with E-state index in [1.54, 1.807) is 0 Å².